The molecule has 0 bridgehead atoms. The molecule has 0 radical (unpaired) electrons. The number of nitrogens with zero attached hydrogens (tertiary/aromatic N) is 1. The molecule has 3 nitrogen and oxygen atoms in total. The van der Waals surface area contributed by atoms with Gasteiger partial charge in [0.25, 0.3) is 0 Å². The van der Waals surface area contributed by atoms with Crippen LogP contribution in [0.2, 0.25) is 0 Å². The lowest BCUT2D eigenvalue weighted by atomic mass is 9.90. The second-order valence-electron chi connectivity index (χ2n) is 5.24. The molecule has 1 heterocycles. The van der Waals surface area contributed by atoms with E-state index in [9.17, 15) is 5.11 Å². The molecular weight excluding hydrogens is 248 g/mol. The van der Waals surface area contributed by atoms with Crippen LogP contribution in [0.15, 0.2) is 30.3 Å². The van der Waals surface area contributed by atoms with Gasteiger partial charge in [0.15, 0.2) is 0 Å². The number of rotatable bonds is 5. The number of nitrogens with one attached hydrogen (secondary N) is 1. The summed E-state index contributed by atoms with van der Waals surface area (Å²) in [6.07, 6.45) is 0.366. The van der Waals surface area contributed by atoms with E-state index in [4.69, 9.17) is 0 Å². The van der Waals surface area contributed by atoms with E-state index in [1.54, 1.807) is 6.92 Å². The summed E-state index contributed by atoms with van der Waals surface area (Å²) >= 11 is 0. The first-order chi connectivity index (χ1) is 9.81. The zero-order valence-electron chi connectivity index (χ0n) is 12.2. The Morgan fingerprint density at radius 1 is 1.25 bits per heavy atom. The van der Waals surface area contributed by atoms with Crippen LogP contribution in [-0.4, -0.2) is 48.8 Å². The van der Waals surface area contributed by atoms with Crippen molar-refractivity contribution in [2.24, 2.45) is 0 Å². The quantitative estimate of drug-likeness (QED) is 0.796. The zero-order chi connectivity index (χ0) is 14.2. The smallest absolute Gasteiger partial charge is 0.121 e. The van der Waals surface area contributed by atoms with E-state index in [2.05, 4.69) is 34.2 Å². The molecule has 0 aliphatic carbocycles. The molecule has 0 spiro atoms. The van der Waals surface area contributed by atoms with Crippen LogP contribution in [0.3, 0.4) is 0 Å². The number of aliphatic hydroxyl groups excluding tert-OH is 1. The number of hydrogen-bond donors (Lipinski definition) is 2. The highest BCUT2D eigenvalue weighted by atomic mass is 16.3. The summed E-state index contributed by atoms with van der Waals surface area (Å²) in [6, 6.07) is 10.2. The van der Waals surface area contributed by atoms with Crippen LogP contribution in [0.5, 0.6) is 0 Å². The highest BCUT2D eigenvalue weighted by molar-refractivity contribution is 5.24. The second-order valence-corrected chi connectivity index (χ2v) is 5.24. The number of piperazine rings is 1. The van der Waals surface area contributed by atoms with Gasteiger partial charge in [-0.05, 0) is 25.5 Å². The summed E-state index contributed by atoms with van der Waals surface area (Å²) < 4.78 is 0. The van der Waals surface area contributed by atoms with E-state index in [0.717, 1.165) is 39.1 Å². The first-order valence-electron chi connectivity index (χ1n) is 7.39. The van der Waals surface area contributed by atoms with Gasteiger partial charge in [-0.25, -0.2) is 0 Å². The maximum Gasteiger partial charge on any atom is 0.121 e. The van der Waals surface area contributed by atoms with Crippen LogP contribution in [0.1, 0.15) is 24.8 Å². The third-order valence-corrected chi connectivity index (χ3v) is 3.87. The van der Waals surface area contributed by atoms with Gasteiger partial charge < -0.3 is 15.3 Å². The van der Waals surface area contributed by atoms with Crippen molar-refractivity contribution in [1.29, 1.82) is 0 Å². The SMILES string of the molecule is CC#CC(O)C(CCN1CCNCC1)c1ccccc1. The van der Waals surface area contributed by atoms with Crippen LogP contribution in [0, 0.1) is 11.8 Å². The Hall–Kier alpha value is -1.34. The number of benzene rings is 1. The predicted molar refractivity (Wildman–Crippen MR) is 82.6 cm³/mol. The molecule has 2 N–H and O–H groups in total. The molecule has 1 aromatic rings. The molecule has 1 saturated heterocycles. The Bertz CT molecular complexity index is 443. The molecule has 108 valence electrons. The highest BCUT2D eigenvalue weighted by Gasteiger charge is 2.21. The average Bonchev–Trinajstić information content (AvgIpc) is 2.50. The fourth-order valence-electron chi connectivity index (χ4n) is 2.71. The largest absolute Gasteiger partial charge is 0.380 e. The van der Waals surface area contributed by atoms with Gasteiger partial charge in [-0.15, -0.1) is 5.92 Å². The minimum atomic E-state index is -0.578. The van der Waals surface area contributed by atoms with Gasteiger partial charge in [-0.1, -0.05) is 36.3 Å². The van der Waals surface area contributed by atoms with Crippen LogP contribution in [-0.2, 0) is 0 Å². The molecule has 2 atom stereocenters. The van der Waals surface area contributed by atoms with Crippen molar-refractivity contribution in [2.75, 3.05) is 32.7 Å². The third kappa shape index (κ3) is 4.35. The first-order valence-corrected chi connectivity index (χ1v) is 7.39. The van der Waals surface area contributed by atoms with Gasteiger partial charge >= 0.3 is 0 Å². The monoisotopic (exact) mass is 272 g/mol. The maximum atomic E-state index is 10.3. The Kier molecular flexibility index (Phi) is 6.07. The molecule has 0 aromatic heterocycles. The Balaban J connectivity index is 2.00. The topological polar surface area (TPSA) is 35.5 Å². The van der Waals surface area contributed by atoms with Crippen LogP contribution < -0.4 is 5.32 Å². The van der Waals surface area contributed by atoms with Crippen molar-refractivity contribution in [3.8, 4) is 11.8 Å². The van der Waals surface area contributed by atoms with Crippen LogP contribution in [0.25, 0.3) is 0 Å². The summed E-state index contributed by atoms with van der Waals surface area (Å²) in [4.78, 5) is 2.46. The van der Waals surface area contributed by atoms with Crippen molar-refractivity contribution in [1.82, 2.24) is 10.2 Å². The minimum Gasteiger partial charge on any atom is -0.380 e. The number of hydrogen-bond acceptors (Lipinski definition) is 3. The summed E-state index contributed by atoms with van der Waals surface area (Å²) in [5.74, 6) is 5.83. The van der Waals surface area contributed by atoms with Gasteiger partial charge in [-0.3, -0.25) is 0 Å². The maximum absolute atomic E-state index is 10.3. The van der Waals surface area contributed by atoms with Crippen molar-refractivity contribution in [3.05, 3.63) is 35.9 Å². The van der Waals surface area contributed by atoms with Gasteiger partial charge in [0.2, 0.25) is 0 Å². The van der Waals surface area contributed by atoms with Crippen molar-refractivity contribution < 1.29 is 5.11 Å². The average molecular weight is 272 g/mol. The van der Waals surface area contributed by atoms with Crippen molar-refractivity contribution in [3.63, 3.8) is 0 Å². The predicted octanol–water partition coefficient (Wildman–Crippen LogP) is 1.45. The van der Waals surface area contributed by atoms with E-state index in [1.807, 2.05) is 18.2 Å². The summed E-state index contributed by atoms with van der Waals surface area (Å²) in [5, 5.41) is 13.7. The van der Waals surface area contributed by atoms with Gasteiger partial charge in [0.05, 0.1) is 0 Å². The lowest BCUT2D eigenvalue weighted by Gasteiger charge is -2.29. The molecule has 0 amide bonds. The number of aliphatic hydroxyl groups is 1. The Labute approximate surface area is 122 Å². The first kappa shape index (κ1) is 15.1. The highest BCUT2D eigenvalue weighted by Crippen LogP contribution is 2.24. The molecule has 1 aromatic carbocycles. The fraction of sp³-hybridized carbons (Fsp3) is 0.529. The molecule has 1 aliphatic heterocycles. The van der Waals surface area contributed by atoms with Gasteiger partial charge in [0, 0.05) is 32.1 Å². The molecule has 2 rings (SSSR count). The third-order valence-electron chi connectivity index (χ3n) is 3.87. The standard InChI is InChI=1S/C17H24N2O/c1-2-6-17(20)16(15-7-4-3-5-8-15)9-12-19-13-10-18-11-14-19/h3-5,7-8,16-18,20H,9-14H2,1H3. The van der Waals surface area contributed by atoms with Crippen LogP contribution in [0.4, 0.5) is 0 Å². The van der Waals surface area contributed by atoms with E-state index in [1.165, 1.54) is 5.56 Å². The lowest BCUT2D eigenvalue weighted by Crippen LogP contribution is -2.44. The van der Waals surface area contributed by atoms with Crippen molar-refractivity contribution in [2.45, 2.75) is 25.4 Å². The molecular formula is C17H24N2O. The Morgan fingerprint density at radius 2 is 1.95 bits per heavy atom. The Morgan fingerprint density at radius 3 is 2.60 bits per heavy atom. The van der Waals surface area contributed by atoms with Crippen LogP contribution >= 0.6 is 0 Å². The molecule has 2 unspecified atom stereocenters. The van der Waals surface area contributed by atoms with Gasteiger partial charge in [-0.2, -0.15) is 0 Å². The molecule has 1 fully saturated rings. The van der Waals surface area contributed by atoms with E-state index in [-0.39, 0.29) is 5.92 Å². The summed E-state index contributed by atoms with van der Waals surface area (Å²) in [5.41, 5.74) is 1.18. The summed E-state index contributed by atoms with van der Waals surface area (Å²) in [6.45, 7) is 7.11. The minimum absolute atomic E-state index is 0.0959. The molecule has 1 aliphatic rings. The summed E-state index contributed by atoms with van der Waals surface area (Å²) in [7, 11) is 0. The lowest BCUT2D eigenvalue weighted by molar-refractivity contribution is 0.172. The zero-order valence-corrected chi connectivity index (χ0v) is 12.2. The molecule has 3 heteroatoms. The van der Waals surface area contributed by atoms with Gasteiger partial charge in [0.1, 0.15) is 6.10 Å². The molecule has 20 heavy (non-hydrogen) atoms. The van der Waals surface area contributed by atoms with Crippen molar-refractivity contribution >= 4 is 0 Å². The van der Waals surface area contributed by atoms with E-state index >= 15 is 0 Å². The normalized spacial score (nSPS) is 18.9. The second kappa shape index (κ2) is 8.06. The fourth-order valence-corrected chi connectivity index (χ4v) is 2.71. The molecule has 0 saturated carbocycles. The van der Waals surface area contributed by atoms with E-state index < -0.39 is 6.10 Å². The van der Waals surface area contributed by atoms with E-state index in [0.29, 0.717) is 0 Å².